The lowest BCUT2D eigenvalue weighted by molar-refractivity contribution is -0.136. The number of likely N-dealkylation sites (N-methyl/N-ethyl adjacent to an activating group) is 1. The van der Waals surface area contributed by atoms with Crippen molar-refractivity contribution in [2.75, 3.05) is 57.4 Å². The van der Waals surface area contributed by atoms with Gasteiger partial charge in [-0.3, -0.25) is 4.79 Å². The molecule has 0 aliphatic carbocycles. The van der Waals surface area contributed by atoms with Crippen LogP contribution in [0.2, 0.25) is 0 Å². The number of hydrogen-bond donors (Lipinski definition) is 0. The van der Waals surface area contributed by atoms with Crippen molar-refractivity contribution >= 4 is 22.4 Å². The van der Waals surface area contributed by atoms with Crippen molar-refractivity contribution in [1.29, 1.82) is 0 Å². The Hall–Kier alpha value is -1.18. The van der Waals surface area contributed by atoms with Crippen LogP contribution in [0.25, 0.3) is 0 Å². The van der Waals surface area contributed by atoms with Crippen molar-refractivity contribution in [3.8, 4) is 0 Å². The van der Waals surface area contributed by atoms with Crippen LogP contribution in [0.15, 0.2) is 0 Å². The Balaban J connectivity index is 1.61. The van der Waals surface area contributed by atoms with Gasteiger partial charge in [-0.1, -0.05) is 18.3 Å². The molecule has 0 saturated carbocycles. The number of amides is 1. The van der Waals surface area contributed by atoms with Crippen LogP contribution in [0.3, 0.4) is 0 Å². The maximum Gasteiger partial charge on any atom is 0.248 e. The van der Waals surface area contributed by atoms with Gasteiger partial charge in [0.2, 0.25) is 5.91 Å². The molecule has 1 amide bonds. The number of aromatic nitrogens is 1. The van der Waals surface area contributed by atoms with Crippen LogP contribution >= 0.6 is 11.3 Å². The summed E-state index contributed by atoms with van der Waals surface area (Å²) in [6, 6.07) is 0. The van der Waals surface area contributed by atoms with Crippen LogP contribution < -0.4 is 4.90 Å². The molecule has 0 radical (unpaired) electrons. The van der Waals surface area contributed by atoms with E-state index in [-0.39, 0.29) is 12.5 Å². The minimum absolute atomic E-state index is 0.0870. The molecule has 0 aromatic carbocycles. The van der Waals surface area contributed by atoms with E-state index >= 15 is 0 Å². The quantitative estimate of drug-likeness (QED) is 0.808. The molecule has 3 rings (SSSR count). The zero-order valence-electron chi connectivity index (χ0n) is 14.1. The molecule has 1 fully saturated rings. The van der Waals surface area contributed by atoms with Gasteiger partial charge in [-0.25, -0.2) is 4.98 Å². The van der Waals surface area contributed by atoms with Gasteiger partial charge in [-0.2, -0.15) is 0 Å². The molecular weight excluding hydrogens is 312 g/mol. The SMILES string of the molecule is CCOCC(=O)N1CCc2nc(N3CCN(CC)CC3)sc2C1. The van der Waals surface area contributed by atoms with E-state index in [1.807, 2.05) is 11.8 Å². The van der Waals surface area contributed by atoms with Gasteiger partial charge >= 0.3 is 0 Å². The summed E-state index contributed by atoms with van der Waals surface area (Å²) in [6.07, 6.45) is 0.860. The van der Waals surface area contributed by atoms with Crippen LogP contribution in [-0.2, 0) is 22.5 Å². The number of nitrogens with zero attached hydrogens (tertiary/aromatic N) is 4. The minimum atomic E-state index is 0.0870. The monoisotopic (exact) mass is 338 g/mol. The average molecular weight is 338 g/mol. The number of carbonyl (C=O) groups is 1. The summed E-state index contributed by atoms with van der Waals surface area (Å²) in [5.74, 6) is 0.0870. The van der Waals surface area contributed by atoms with Gasteiger partial charge in [-0.05, 0) is 13.5 Å². The zero-order chi connectivity index (χ0) is 16.2. The first-order chi connectivity index (χ1) is 11.2. The predicted molar refractivity (Wildman–Crippen MR) is 92.1 cm³/mol. The van der Waals surface area contributed by atoms with Crippen molar-refractivity contribution in [2.45, 2.75) is 26.8 Å². The predicted octanol–water partition coefficient (Wildman–Crippen LogP) is 1.21. The Labute approximate surface area is 142 Å². The molecule has 1 aromatic rings. The Morgan fingerprint density at radius 3 is 2.70 bits per heavy atom. The maximum absolute atomic E-state index is 12.1. The van der Waals surface area contributed by atoms with Crippen LogP contribution in [0, 0.1) is 0 Å². The van der Waals surface area contributed by atoms with E-state index in [0.717, 1.165) is 50.8 Å². The highest BCUT2D eigenvalue weighted by Crippen LogP contribution is 2.31. The number of anilines is 1. The smallest absolute Gasteiger partial charge is 0.248 e. The number of piperazine rings is 1. The normalized spacial score (nSPS) is 19.0. The first-order valence-corrected chi connectivity index (χ1v) is 9.34. The summed E-state index contributed by atoms with van der Waals surface area (Å²) in [4.78, 5) is 25.0. The molecule has 23 heavy (non-hydrogen) atoms. The molecule has 6 nitrogen and oxygen atoms in total. The molecule has 1 saturated heterocycles. The number of ether oxygens (including phenoxy) is 1. The second-order valence-corrected chi connectivity index (χ2v) is 7.05. The third-order valence-corrected chi connectivity index (χ3v) is 5.74. The van der Waals surface area contributed by atoms with Crippen LogP contribution in [0.4, 0.5) is 5.13 Å². The second-order valence-electron chi connectivity index (χ2n) is 5.99. The van der Waals surface area contributed by atoms with Crippen molar-refractivity contribution in [3.05, 3.63) is 10.6 Å². The van der Waals surface area contributed by atoms with Crippen molar-refractivity contribution in [3.63, 3.8) is 0 Å². The number of carbonyl (C=O) groups excluding carboxylic acids is 1. The molecular formula is C16H26N4O2S. The van der Waals surface area contributed by atoms with Gasteiger partial charge in [0.05, 0.1) is 12.2 Å². The Morgan fingerprint density at radius 1 is 1.22 bits per heavy atom. The van der Waals surface area contributed by atoms with E-state index in [1.165, 1.54) is 10.6 Å². The average Bonchev–Trinajstić information content (AvgIpc) is 3.02. The van der Waals surface area contributed by atoms with Gasteiger partial charge in [-0.15, -0.1) is 0 Å². The van der Waals surface area contributed by atoms with Gasteiger partial charge < -0.3 is 19.4 Å². The first-order valence-electron chi connectivity index (χ1n) is 8.52. The molecule has 0 bridgehead atoms. The summed E-state index contributed by atoms with van der Waals surface area (Å²) < 4.78 is 5.24. The number of fused-ring (bicyclic) bond motifs is 1. The van der Waals surface area contributed by atoms with Crippen molar-refractivity contribution in [2.24, 2.45) is 0 Å². The maximum atomic E-state index is 12.1. The van der Waals surface area contributed by atoms with Gasteiger partial charge in [0.1, 0.15) is 6.61 Å². The molecule has 2 aliphatic rings. The highest BCUT2D eigenvalue weighted by atomic mass is 32.1. The lowest BCUT2D eigenvalue weighted by Crippen LogP contribution is -2.46. The third kappa shape index (κ3) is 3.84. The standard InChI is InChI=1S/C16H26N4O2S/c1-3-18-7-9-19(10-8-18)16-17-13-5-6-20(11-14(13)23-16)15(21)12-22-4-2/h3-12H2,1-2H3. The first kappa shape index (κ1) is 16.7. The Bertz CT molecular complexity index is 540. The topological polar surface area (TPSA) is 48.9 Å². The summed E-state index contributed by atoms with van der Waals surface area (Å²) in [5, 5.41) is 1.13. The van der Waals surface area contributed by atoms with E-state index < -0.39 is 0 Å². The summed E-state index contributed by atoms with van der Waals surface area (Å²) in [6.45, 7) is 11.8. The van der Waals surface area contributed by atoms with Gasteiger partial charge in [0.25, 0.3) is 0 Å². The number of hydrogen-bond acceptors (Lipinski definition) is 6. The van der Waals surface area contributed by atoms with Crippen molar-refractivity contribution in [1.82, 2.24) is 14.8 Å². The van der Waals surface area contributed by atoms with Gasteiger partial charge in [0.15, 0.2) is 5.13 Å². The third-order valence-electron chi connectivity index (χ3n) is 4.59. The zero-order valence-corrected chi connectivity index (χ0v) is 14.9. The summed E-state index contributed by atoms with van der Waals surface area (Å²) >= 11 is 1.76. The molecule has 0 N–H and O–H groups in total. The largest absolute Gasteiger partial charge is 0.372 e. The van der Waals surface area contributed by atoms with E-state index in [9.17, 15) is 4.79 Å². The number of rotatable bonds is 5. The van der Waals surface area contributed by atoms with E-state index in [0.29, 0.717) is 13.2 Å². The fourth-order valence-corrected chi connectivity index (χ4v) is 4.24. The molecule has 2 aliphatic heterocycles. The highest BCUT2D eigenvalue weighted by molar-refractivity contribution is 7.15. The van der Waals surface area contributed by atoms with Crippen LogP contribution in [-0.4, -0.2) is 73.2 Å². The molecule has 1 aromatic heterocycles. The van der Waals surface area contributed by atoms with E-state index in [1.54, 1.807) is 11.3 Å². The summed E-state index contributed by atoms with van der Waals surface area (Å²) in [7, 11) is 0. The second kappa shape index (κ2) is 7.59. The molecule has 0 atom stereocenters. The van der Waals surface area contributed by atoms with Gasteiger partial charge in [0, 0.05) is 50.6 Å². The molecule has 128 valence electrons. The molecule has 0 unspecified atom stereocenters. The number of thiazole rings is 1. The van der Waals surface area contributed by atoms with Crippen molar-refractivity contribution < 1.29 is 9.53 Å². The lowest BCUT2D eigenvalue weighted by atomic mass is 10.2. The fourth-order valence-electron chi connectivity index (χ4n) is 3.07. The molecule has 3 heterocycles. The molecule has 7 heteroatoms. The summed E-state index contributed by atoms with van der Waals surface area (Å²) in [5.41, 5.74) is 1.18. The van der Waals surface area contributed by atoms with E-state index in [4.69, 9.17) is 9.72 Å². The Morgan fingerprint density at radius 2 is 2.00 bits per heavy atom. The minimum Gasteiger partial charge on any atom is -0.372 e. The highest BCUT2D eigenvalue weighted by Gasteiger charge is 2.26. The molecule has 0 spiro atoms. The van der Waals surface area contributed by atoms with E-state index in [2.05, 4.69) is 16.7 Å². The van der Waals surface area contributed by atoms with Crippen LogP contribution in [0.5, 0.6) is 0 Å². The van der Waals surface area contributed by atoms with Crippen LogP contribution in [0.1, 0.15) is 24.4 Å². The Kier molecular flexibility index (Phi) is 5.50. The lowest BCUT2D eigenvalue weighted by Gasteiger charge is -2.33. The fraction of sp³-hybridized carbons (Fsp3) is 0.750.